The van der Waals surface area contributed by atoms with Gasteiger partial charge in [0.2, 0.25) is 0 Å². The zero-order valence-electron chi connectivity index (χ0n) is 7.08. The van der Waals surface area contributed by atoms with Crippen molar-refractivity contribution in [3.05, 3.63) is 0 Å². The van der Waals surface area contributed by atoms with Gasteiger partial charge in [0.25, 0.3) is 0 Å². The molecule has 0 amide bonds. The Bertz CT molecular complexity index is 196. The molecule has 0 aliphatic heterocycles. The molecule has 0 radical (unpaired) electrons. The van der Waals surface area contributed by atoms with Crippen LogP contribution in [-0.2, 0) is 4.79 Å². The van der Waals surface area contributed by atoms with E-state index in [1.165, 1.54) is 6.92 Å². The number of alkyl halides is 5. The van der Waals surface area contributed by atoms with E-state index >= 15 is 0 Å². The van der Waals surface area contributed by atoms with Crippen molar-refractivity contribution in [1.82, 2.24) is 0 Å². The first-order valence-corrected chi connectivity index (χ1v) is 3.61. The molecule has 0 N–H and O–H groups in total. The lowest BCUT2D eigenvalue weighted by Crippen LogP contribution is -2.45. The van der Waals surface area contributed by atoms with Gasteiger partial charge < -0.3 is 0 Å². The molecule has 0 saturated carbocycles. The maximum Gasteiger partial charge on any atom is 0.454 e. The molecule has 0 aromatic carbocycles. The SMILES string of the molecule is CCC(=O)C(C)C(F)(F)C(F)(F)F. The largest absolute Gasteiger partial charge is 0.454 e. The average molecular weight is 204 g/mol. The van der Waals surface area contributed by atoms with Crippen molar-refractivity contribution in [3.8, 4) is 0 Å². The third-order valence-electron chi connectivity index (χ3n) is 1.75. The predicted octanol–water partition coefficient (Wildman–Crippen LogP) is 2.80. The molecular formula is C7H9F5O. The number of rotatable bonds is 3. The van der Waals surface area contributed by atoms with E-state index in [0.29, 0.717) is 6.92 Å². The van der Waals surface area contributed by atoms with E-state index in [0.717, 1.165) is 0 Å². The number of hydrogen-bond donors (Lipinski definition) is 0. The van der Waals surface area contributed by atoms with E-state index in [1.54, 1.807) is 0 Å². The summed E-state index contributed by atoms with van der Waals surface area (Å²) in [5, 5.41) is 0. The fourth-order valence-electron chi connectivity index (χ4n) is 0.754. The van der Waals surface area contributed by atoms with Crippen molar-refractivity contribution in [3.63, 3.8) is 0 Å². The Kier molecular flexibility index (Phi) is 3.40. The molecule has 0 spiro atoms. The third-order valence-corrected chi connectivity index (χ3v) is 1.75. The molecule has 0 aliphatic rings. The van der Waals surface area contributed by atoms with Crippen LogP contribution in [0.4, 0.5) is 22.0 Å². The van der Waals surface area contributed by atoms with Crippen LogP contribution in [0.25, 0.3) is 0 Å². The molecule has 78 valence electrons. The van der Waals surface area contributed by atoms with Gasteiger partial charge in [0.05, 0.1) is 5.92 Å². The highest BCUT2D eigenvalue weighted by atomic mass is 19.4. The van der Waals surface area contributed by atoms with Crippen molar-refractivity contribution in [2.75, 3.05) is 0 Å². The monoisotopic (exact) mass is 204 g/mol. The van der Waals surface area contributed by atoms with Crippen LogP contribution in [0, 0.1) is 5.92 Å². The van der Waals surface area contributed by atoms with Gasteiger partial charge in [0.1, 0.15) is 5.78 Å². The summed E-state index contributed by atoms with van der Waals surface area (Å²) < 4.78 is 59.9. The molecule has 0 aliphatic carbocycles. The smallest absolute Gasteiger partial charge is 0.299 e. The maximum absolute atomic E-state index is 12.4. The van der Waals surface area contributed by atoms with E-state index in [1.807, 2.05) is 0 Å². The van der Waals surface area contributed by atoms with Gasteiger partial charge in [-0.15, -0.1) is 0 Å². The number of ketones is 1. The minimum atomic E-state index is -5.66. The molecular weight excluding hydrogens is 195 g/mol. The van der Waals surface area contributed by atoms with Crippen LogP contribution < -0.4 is 0 Å². The van der Waals surface area contributed by atoms with Crippen LogP contribution in [0.3, 0.4) is 0 Å². The van der Waals surface area contributed by atoms with Gasteiger partial charge in [0, 0.05) is 6.42 Å². The third kappa shape index (κ3) is 2.38. The standard InChI is InChI=1S/C7H9F5O/c1-3-5(13)4(2)6(8,9)7(10,11)12/h4H,3H2,1-2H3. The van der Waals surface area contributed by atoms with Gasteiger partial charge in [0.15, 0.2) is 0 Å². The summed E-state index contributed by atoms with van der Waals surface area (Å²) in [4.78, 5) is 10.6. The van der Waals surface area contributed by atoms with Gasteiger partial charge in [-0.2, -0.15) is 22.0 Å². The van der Waals surface area contributed by atoms with Crippen LogP contribution in [0.2, 0.25) is 0 Å². The van der Waals surface area contributed by atoms with Crippen LogP contribution >= 0.6 is 0 Å². The lowest BCUT2D eigenvalue weighted by molar-refractivity contribution is -0.296. The molecule has 1 unspecified atom stereocenters. The summed E-state index contributed by atoms with van der Waals surface area (Å²) in [5.41, 5.74) is 0. The van der Waals surface area contributed by atoms with E-state index in [2.05, 4.69) is 0 Å². The maximum atomic E-state index is 12.4. The molecule has 1 atom stereocenters. The molecule has 0 saturated heterocycles. The summed E-state index contributed by atoms with van der Waals surface area (Å²) >= 11 is 0. The fourth-order valence-corrected chi connectivity index (χ4v) is 0.754. The normalized spacial score (nSPS) is 15.6. The molecule has 0 heterocycles. The second-order valence-electron chi connectivity index (χ2n) is 2.66. The van der Waals surface area contributed by atoms with Gasteiger partial charge in [-0.05, 0) is 6.92 Å². The average Bonchev–Trinajstić information content (AvgIpc) is 1.99. The molecule has 1 nitrogen and oxygen atoms in total. The molecule has 0 bridgehead atoms. The Morgan fingerprint density at radius 3 is 1.85 bits per heavy atom. The molecule has 0 aromatic rings. The van der Waals surface area contributed by atoms with Gasteiger partial charge in [-0.1, -0.05) is 6.92 Å². The summed E-state index contributed by atoms with van der Waals surface area (Å²) in [5.74, 6) is -8.33. The van der Waals surface area contributed by atoms with Crippen LogP contribution in [0.5, 0.6) is 0 Å². The van der Waals surface area contributed by atoms with E-state index in [9.17, 15) is 26.7 Å². The summed E-state index contributed by atoms with van der Waals surface area (Å²) in [6.45, 7) is 1.82. The quantitative estimate of drug-likeness (QED) is 0.646. The zero-order chi connectivity index (χ0) is 10.9. The minimum Gasteiger partial charge on any atom is -0.299 e. The van der Waals surface area contributed by atoms with Gasteiger partial charge >= 0.3 is 12.1 Å². The van der Waals surface area contributed by atoms with Crippen molar-refractivity contribution in [2.24, 2.45) is 5.92 Å². The van der Waals surface area contributed by atoms with E-state index in [4.69, 9.17) is 0 Å². The van der Waals surface area contributed by atoms with E-state index < -0.39 is 23.8 Å². The zero-order valence-corrected chi connectivity index (χ0v) is 7.08. The number of carbonyl (C=O) groups excluding carboxylic acids is 1. The van der Waals surface area contributed by atoms with Crippen LogP contribution in [0.15, 0.2) is 0 Å². The fraction of sp³-hybridized carbons (Fsp3) is 0.857. The van der Waals surface area contributed by atoms with E-state index in [-0.39, 0.29) is 6.42 Å². The Balaban J connectivity index is 4.74. The summed E-state index contributed by atoms with van der Waals surface area (Å²) in [6.07, 6.45) is -5.98. The van der Waals surface area contributed by atoms with Crippen molar-refractivity contribution < 1.29 is 26.7 Å². The molecule has 0 fully saturated rings. The number of hydrogen-bond acceptors (Lipinski definition) is 1. The first-order valence-electron chi connectivity index (χ1n) is 3.61. The van der Waals surface area contributed by atoms with Gasteiger partial charge in [-0.25, -0.2) is 0 Å². The van der Waals surface area contributed by atoms with Crippen LogP contribution in [0.1, 0.15) is 20.3 Å². The van der Waals surface area contributed by atoms with Crippen LogP contribution in [-0.4, -0.2) is 17.9 Å². The number of carbonyl (C=O) groups is 1. The Labute approximate surface area is 71.9 Å². The lowest BCUT2D eigenvalue weighted by atomic mass is 9.96. The second kappa shape index (κ2) is 3.59. The van der Waals surface area contributed by atoms with Crippen molar-refractivity contribution in [1.29, 1.82) is 0 Å². The van der Waals surface area contributed by atoms with Crippen molar-refractivity contribution >= 4 is 5.78 Å². The second-order valence-corrected chi connectivity index (χ2v) is 2.66. The molecule has 13 heavy (non-hydrogen) atoms. The number of Topliss-reactive ketones (excluding diaryl/α,β-unsaturated/α-hetero) is 1. The minimum absolute atomic E-state index is 0.327. The summed E-state index contributed by atoms with van der Waals surface area (Å²) in [7, 11) is 0. The molecule has 6 heteroatoms. The summed E-state index contributed by atoms with van der Waals surface area (Å²) in [6, 6.07) is 0. The predicted molar refractivity (Wildman–Crippen MR) is 35.5 cm³/mol. The highest BCUT2D eigenvalue weighted by molar-refractivity contribution is 5.81. The Hall–Kier alpha value is -0.680. The molecule has 0 rings (SSSR count). The number of halogens is 5. The Morgan fingerprint density at radius 2 is 1.62 bits per heavy atom. The Morgan fingerprint density at radius 1 is 1.23 bits per heavy atom. The lowest BCUT2D eigenvalue weighted by Gasteiger charge is -2.24. The highest BCUT2D eigenvalue weighted by Gasteiger charge is 2.62. The first kappa shape index (κ1) is 12.3. The highest BCUT2D eigenvalue weighted by Crippen LogP contribution is 2.41. The molecule has 0 aromatic heterocycles. The van der Waals surface area contributed by atoms with Gasteiger partial charge in [-0.3, -0.25) is 4.79 Å². The topological polar surface area (TPSA) is 17.1 Å². The van der Waals surface area contributed by atoms with Crippen molar-refractivity contribution in [2.45, 2.75) is 32.4 Å². The first-order chi connectivity index (χ1) is 5.64.